The maximum atomic E-state index is 8.58. The molecule has 5 heteroatoms. The lowest BCUT2D eigenvalue weighted by atomic mass is 10.5. The van der Waals surface area contributed by atoms with Crippen LogP contribution in [0.4, 0.5) is 0 Å². The third kappa shape index (κ3) is 1.37. The predicted molar refractivity (Wildman–Crippen MR) is 43.9 cm³/mol. The van der Waals surface area contributed by atoms with Gasteiger partial charge in [0.1, 0.15) is 6.07 Å². The summed E-state index contributed by atoms with van der Waals surface area (Å²) in [6.45, 7) is 0. The fourth-order valence-corrected chi connectivity index (χ4v) is 0.924. The van der Waals surface area contributed by atoms with Gasteiger partial charge in [-0.3, -0.25) is 4.98 Å². The van der Waals surface area contributed by atoms with Crippen molar-refractivity contribution in [3.05, 3.63) is 36.5 Å². The van der Waals surface area contributed by atoms with Crippen LogP contribution in [0.25, 0.3) is 5.82 Å². The van der Waals surface area contributed by atoms with Gasteiger partial charge in [0.2, 0.25) is 0 Å². The number of rotatable bonds is 1. The molecule has 62 valence electrons. The third-order valence-corrected chi connectivity index (χ3v) is 1.48. The zero-order valence-electron chi connectivity index (χ0n) is 6.62. The Labute approximate surface area is 74.3 Å². The van der Waals surface area contributed by atoms with Gasteiger partial charge in [-0.15, -0.1) is 0 Å². The minimum atomic E-state index is 0.285. The molecule has 0 N–H and O–H groups in total. The van der Waals surface area contributed by atoms with E-state index in [1.165, 1.54) is 6.20 Å². The summed E-state index contributed by atoms with van der Waals surface area (Å²) in [6, 6.07) is 3.69. The van der Waals surface area contributed by atoms with Crippen LogP contribution in [0.2, 0.25) is 0 Å². The van der Waals surface area contributed by atoms with Crippen molar-refractivity contribution in [2.75, 3.05) is 0 Å². The summed E-state index contributed by atoms with van der Waals surface area (Å²) in [5, 5.41) is 12.5. The van der Waals surface area contributed by atoms with Crippen molar-refractivity contribution in [3.63, 3.8) is 0 Å². The molecule has 2 aromatic heterocycles. The molecule has 0 aromatic carbocycles. The van der Waals surface area contributed by atoms with Gasteiger partial charge < -0.3 is 0 Å². The van der Waals surface area contributed by atoms with E-state index < -0.39 is 0 Å². The van der Waals surface area contributed by atoms with Crippen LogP contribution >= 0.6 is 0 Å². The summed E-state index contributed by atoms with van der Waals surface area (Å²) in [6.07, 6.45) is 6.34. The molecular weight excluding hydrogens is 166 g/mol. The minimum Gasteiger partial charge on any atom is -0.258 e. The summed E-state index contributed by atoms with van der Waals surface area (Å²) in [5.41, 5.74) is 0.285. The largest absolute Gasteiger partial charge is 0.258 e. The smallest absolute Gasteiger partial charge is 0.173 e. The van der Waals surface area contributed by atoms with E-state index in [4.69, 9.17) is 5.26 Å². The van der Waals surface area contributed by atoms with Gasteiger partial charge in [-0.05, 0) is 6.07 Å². The van der Waals surface area contributed by atoms with Crippen molar-refractivity contribution < 1.29 is 0 Å². The van der Waals surface area contributed by atoms with E-state index in [9.17, 15) is 0 Å². The Balaban J connectivity index is 2.49. The molecule has 2 heterocycles. The molecule has 0 unspecified atom stereocenters. The molecule has 0 aliphatic heterocycles. The number of hydrogen-bond acceptors (Lipinski definition) is 4. The molecule has 0 amide bonds. The lowest BCUT2D eigenvalue weighted by molar-refractivity contribution is 0.835. The van der Waals surface area contributed by atoms with E-state index >= 15 is 0 Å². The second-order valence-electron chi connectivity index (χ2n) is 2.32. The molecule has 0 atom stereocenters. The average molecular weight is 171 g/mol. The highest BCUT2D eigenvalue weighted by Crippen LogP contribution is 2.00. The van der Waals surface area contributed by atoms with Gasteiger partial charge in [0.15, 0.2) is 11.5 Å². The predicted octanol–water partition coefficient (Wildman–Crippen LogP) is 0.534. The first-order valence-electron chi connectivity index (χ1n) is 3.62. The van der Waals surface area contributed by atoms with Crippen LogP contribution in [-0.4, -0.2) is 19.7 Å². The zero-order valence-corrected chi connectivity index (χ0v) is 6.62. The first kappa shape index (κ1) is 7.43. The Bertz CT molecular complexity index is 440. The highest BCUT2D eigenvalue weighted by atomic mass is 15.3. The molecule has 0 saturated heterocycles. The molecule has 2 rings (SSSR count). The van der Waals surface area contributed by atoms with Crippen LogP contribution in [0.15, 0.2) is 30.9 Å². The van der Waals surface area contributed by atoms with Gasteiger partial charge in [-0.25, -0.2) is 9.67 Å². The SMILES string of the molecule is N#Cc1cncc(-n2cccn2)n1. The van der Waals surface area contributed by atoms with Crippen molar-refractivity contribution in [1.29, 1.82) is 5.26 Å². The summed E-state index contributed by atoms with van der Waals surface area (Å²) in [4.78, 5) is 7.88. The highest BCUT2D eigenvalue weighted by molar-refractivity contribution is 5.24. The lowest BCUT2D eigenvalue weighted by Gasteiger charge is -1.97. The Hall–Kier alpha value is -2.22. The van der Waals surface area contributed by atoms with E-state index in [0.717, 1.165) is 0 Å². The molecule has 0 fully saturated rings. The molecule has 0 aliphatic rings. The van der Waals surface area contributed by atoms with Crippen molar-refractivity contribution in [3.8, 4) is 11.9 Å². The van der Waals surface area contributed by atoms with Crippen LogP contribution in [0.5, 0.6) is 0 Å². The first-order valence-corrected chi connectivity index (χ1v) is 3.62. The minimum absolute atomic E-state index is 0.285. The molecule has 0 saturated carbocycles. The van der Waals surface area contributed by atoms with Crippen molar-refractivity contribution in [2.45, 2.75) is 0 Å². The number of nitrogens with zero attached hydrogens (tertiary/aromatic N) is 5. The van der Waals surface area contributed by atoms with Crippen molar-refractivity contribution in [2.24, 2.45) is 0 Å². The Morgan fingerprint density at radius 2 is 2.31 bits per heavy atom. The van der Waals surface area contributed by atoms with E-state index in [2.05, 4.69) is 15.1 Å². The van der Waals surface area contributed by atoms with Gasteiger partial charge >= 0.3 is 0 Å². The Morgan fingerprint density at radius 3 is 3.00 bits per heavy atom. The summed E-state index contributed by atoms with van der Waals surface area (Å²) >= 11 is 0. The van der Waals surface area contributed by atoms with Gasteiger partial charge in [0.25, 0.3) is 0 Å². The number of nitriles is 1. The van der Waals surface area contributed by atoms with Gasteiger partial charge in [-0.2, -0.15) is 10.4 Å². The van der Waals surface area contributed by atoms with Crippen molar-refractivity contribution >= 4 is 0 Å². The molecule has 0 spiro atoms. The molecular formula is C8H5N5. The second kappa shape index (κ2) is 3.03. The van der Waals surface area contributed by atoms with Crippen LogP contribution < -0.4 is 0 Å². The molecule has 0 aliphatic carbocycles. The topological polar surface area (TPSA) is 67.4 Å². The number of hydrogen-bond donors (Lipinski definition) is 0. The molecule has 0 bridgehead atoms. The van der Waals surface area contributed by atoms with Crippen LogP contribution in [0, 0.1) is 11.3 Å². The maximum Gasteiger partial charge on any atom is 0.173 e. The fourth-order valence-electron chi connectivity index (χ4n) is 0.924. The standard InChI is InChI=1S/C8H5N5/c9-4-7-5-10-6-8(12-7)13-3-1-2-11-13/h1-3,5-6H. The van der Waals surface area contributed by atoms with Crippen molar-refractivity contribution in [1.82, 2.24) is 19.7 Å². The Kier molecular flexibility index (Phi) is 1.73. The van der Waals surface area contributed by atoms with E-state index in [-0.39, 0.29) is 5.69 Å². The fraction of sp³-hybridized carbons (Fsp3) is 0. The van der Waals surface area contributed by atoms with Crippen LogP contribution in [-0.2, 0) is 0 Å². The van der Waals surface area contributed by atoms with E-state index in [1.54, 1.807) is 29.3 Å². The van der Waals surface area contributed by atoms with E-state index in [0.29, 0.717) is 5.82 Å². The lowest BCUT2D eigenvalue weighted by Crippen LogP contribution is -1.99. The monoisotopic (exact) mass is 171 g/mol. The molecule has 0 radical (unpaired) electrons. The summed E-state index contributed by atoms with van der Waals surface area (Å²) in [5.74, 6) is 0.545. The number of aromatic nitrogens is 4. The van der Waals surface area contributed by atoms with E-state index in [1.807, 2.05) is 6.07 Å². The van der Waals surface area contributed by atoms with Gasteiger partial charge in [0, 0.05) is 12.4 Å². The first-order chi connectivity index (χ1) is 6.40. The molecule has 2 aromatic rings. The Morgan fingerprint density at radius 1 is 1.38 bits per heavy atom. The van der Waals surface area contributed by atoms with Crippen LogP contribution in [0.3, 0.4) is 0 Å². The van der Waals surface area contributed by atoms with Gasteiger partial charge in [-0.1, -0.05) is 0 Å². The normalized spacial score (nSPS) is 9.46. The highest BCUT2D eigenvalue weighted by Gasteiger charge is 1.99. The quantitative estimate of drug-likeness (QED) is 0.627. The molecule has 5 nitrogen and oxygen atoms in total. The maximum absolute atomic E-state index is 8.58. The third-order valence-electron chi connectivity index (χ3n) is 1.48. The van der Waals surface area contributed by atoms with Gasteiger partial charge in [0.05, 0.1) is 12.4 Å². The average Bonchev–Trinajstić information content (AvgIpc) is 2.71. The molecule has 13 heavy (non-hydrogen) atoms. The summed E-state index contributed by atoms with van der Waals surface area (Å²) < 4.78 is 1.55. The summed E-state index contributed by atoms with van der Waals surface area (Å²) in [7, 11) is 0. The van der Waals surface area contributed by atoms with Crippen LogP contribution in [0.1, 0.15) is 5.69 Å². The zero-order chi connectivity index (χ0) is 9.10. The second-order valence-corrected chi connectivity index (χ2v) is 2.32.